The summed E-state index contributed by atoms with van der Waals surface area (Å²) in [5.41, 5.74) is 3.58. The van der Waals surface area contributed by atoms with E-state index in [0.717, 1.165) is 45.8 Å². The van der Waals surface area contributed by atoms with Gasteiger partial charge >= 0.3 is 0 Å². The van der Waals surface area contributed by atoms with Crippen LogP contribution in [0.2, 0.25) is 10.0 Å². The molecule has 0 N–H and O–H groups in total. The lowest BCUT2D eigenvalue weighted by Gasteiger charge is -2.33. The highest BCUT2D eigenvalue weighted by Crippen LogP contribution is 2.43. The summed E-state index contributed by atoms with van der Waals surface area (Å²) in [6.07, 6.45) is 3.03. The molecule has 2 aromatic carbocycles. The lowest BCUT2D eigenvalue weighted by Crippen LogP contribution is -2.27. The molecule has 0 fully saturated rings. The number of thiophene rings is 1. The molecule has 196 valence electrons. The smallest absolute Gasteiger partial charge is 0.264 e. The minimum atomic E-state index is 0.0245. The molecule has 3 heterocycles. The number of halogens is 2. The normalized spacial score (nSPS) is 15.9. The number of thioether (sulfide) groups is 1. The van der Waals surface area contributed by atoms with Crippen LogP contribution in [-0.2, 0) is 25.1 Å². The van der Waals surface area contributed by atoms with Crippen molar-refractivity contribution in [1.29, 1.82) is 0 Å². The Labute approximate surface area is 239 Å². The fourth-order valence-electron chi connectivity index (χ4n) is 5.31. The number of hydrogen-bond acceptors (Lipinski definition) is 5. The molecule has 38 heavy (non-hydrogen) atoms. The van der Waals surface area contributed by atoms with Crippen LogP contribution in [0.4, 0.5) is 0 Å². The van der Waals surface area contributed by atoms with Gasteiger partial charge in [-0.25, -0.2) is 4.40 Å². The Morgan fingerprint density at radius 1 is 1.05 bits per heavy atom. The predicted molar refractivity (Wildman–Crippen MR) is 159 cm³/mol. The topological polar surface area (TPSA) is 52.2 Å². The molecule has 0 saturated carbocycles. The van der Waals surface area contributed by atoms with Gasteiger partial charge in [-0.1, -0.05) is 92.1 Å². The molecule has 0 saturated heterocycles. The Hall–Kier alpha value is -2.32. The van der Waals surface area contributed by atoms with Gasteiger partial charge in [-0.3, -0.25) is 9.36 Å². The Balaban J connectivity index is 1.50. The molecule has 6 rings (SSSR count). The standard InChI is InChI=1S/C29H28Cl2N4OS2/c1-29(2,3)19-10-11-20-23(14-19)38-26-24(20)25(36)34(15-17-7-5-4-6-8-17)27-32-33-28(35(26)27)37-16-18-9-12-21(30)22(31)13-18/h4-9,12-13,19H,10-11,14-16H2,1-3H3/t19-/m1/s1. The second-order valence-electron chi connectivity index (χ2n) is 11.0. The summed E-state index contributed by atoms with van der Waals surface area (Å²) in [5, 5.41) is 11.8. The summed E-state index contributed by atoms with van der Waals surface area (Å²) in [4.78, 5) is 16.4. The SMILES string of the molecule is CC(C)(C)[C@@H]1CCc2c(sc3c2c(=O)n(Cc2ccccc2)c2nnc(SCc4ccc(Cl)c(Cl)c4)n32)C1. The first-order valence-corrected chi connectivity index (χ1v) is 15.3. The molecule has 1 atom stereocenters. The summed E-state index contributed by atoms with van der Waals surface area (Å²) in [7, 11) is 0. The van der Waals surface area contributed by atoms with Gasteiger partial charge in [-0.05, 0) is 59.4 Å². The minimum absolute atomic E-state index is 0.0245. The lowest BCUT2D eigenvalue weighted by atomic mass is 9.72. The van der Waals surface area contributed by atoms with E-state index in [2.05, 4.69) is 35.4 Å². The van der Waals surface area contributed by atoms with Gasteiger partial charge in [0, 0.05) is 10.6 Å². The molecule has 0 radical (unpaired) electrons. The predicted octanol–water partition coefficient (Wildman–Crippen LogP) is 7.90. The summed E-state index contributed by atoms with van der Waals surface area (Å²) in [6.45, 7) is 7.40. The second kappa shape index (κ2) is 10.0. The van der Waals surface area contributed by atoms with Crippen LogP contribution in [0.3, 0.4) is 0 Å². The van der Waals surface area contributed by atoms with E-state index in [-0.39, 0.29) is 11.0 Å². The Morgan fingerprint density at radius 2 is 1.84 bits per heavy atom. The van der Waals surface area contributed by atoms with E-state index < -0.39 is 0 Å². The van der Waals surface area contributed by atoms with E-state index in [1.165, 1.54) is 10.4 Å². The van der Waals surface area contributed by atoms with Crippen molar-refractivity contribution in [1.82, 2.24) is 19.2 Å². The number of rotatable bonds is 5. The summed E-state index contributed by atoms with van der Waals surface area (Å²) < 4.78 is 3.88. The fraction of sp³-hybridized carbons (Fsp3) is 0.345. The van der Waals surface area contributed by atoms with Crippen molar-refractivity contribution in [3.05, 3.63) is 90.5 Å². The summed E-state index contributed by atoms with van der Waals surface area (Å²) in [6, 6.07) is 15.7. The fourth-order valence-corrected chi connectivity index (χ4v) is 7.98. The molecule has 9 heteroatoms. The first-order chi connectivity index (χ1) is 18.2. The van der Waals surface area contributed by atoms with E-state index in [1.54, 1.807) is 27.7 Å². The highest BCUT2D eigenvalue weighted by atomic mass is 35.5. The van der Waals surface area contributed by atoms with Crippen LogP contribution in [0.1, 0.15) is 48.8 Å². The third kappa shape index (κ3) is 4.68. The number of fused-ring (bicyclic) bond motifs is 5. The number of aromatic nitrogens is 4. The largest absolute Gasteiger partial charge is 0.272 e. The maximum atomic E-state index is 14.1. The summed E-state index contributed by atoms with van der Waals surface area (Å²) in [5.74, 6) is 1.83. The van der Waals surface area contributed by atoms with Crippen LogP contribution in [0.25, 0.3) is 16.0 Å². The van der Waals surface area contributed by atoms with Crippen molar-refractivity contribution >= 4 is 62.3 Å². The quantitative estimate of drug-likeness (QED) is 0.197. The maximum Gasteiger partial charge on any atom is 0.264 e. The van der Waals surface area contributed by atoms with Gasteiger partial charge < -0.3 is 0 Å². The van der Waals surface area contributed by atoms with Crippen LogP contribution in [-0.4, -0.2) is 19.2 Å². The first kappa shape index (κ1) is 25.9. The molecule has 5 aromatic rings. The van der Waals surface area contributed by atoms with E-state index in [4.69, 9.17) is 23.2 Å². The zero-order valence-electron chi connectivity index (χ0n) is 21.5. The van der Waals surface area contributed by atoms with Crippen molar-refractivity contribution in [3.8, 4) is 0 Å². The Kier molecular flexibility index (Phi) is 6.83. The molecule has 1 aliphatic rings. The number of hydrogen-bond donors (Lipinski definition) is 0. The van der Waals surface area contributed by atoms with Crippen molar-refractivity contribution in [2.75, 3.05) is 0 Å². The van der Waals surface area contributed by atoms with Crippen LogP contribution >= 0.6 is 46.3 Å². The van der Waals surface area contributed by atoms with Crippen LogP contribution in [0.5, 0.6) is 0 Å². The van der Waals surface area contributed by atoms with Gasteiger partial charge in [0.25, 0.3) is 5.56 Å². The van der Waals surface area contributed by atoms with E-state index in [1.807, 2.05) is 48.5 Å². The number of benzene rings is 2. The third-order valence-corrected chi connectivity index (χ3v) is 10.5. The van der Waals surface area contributed by atoms with Gasteiger partial charge in [0.15, 0.2) is 5.16 Å². The Morgan fingerprint density at radius 3 is 2.58 bits per heavy atom. The summed E-state index contributed by atoms with van der Waals surface area (Å²) >= 11 is 15.7. The molecule has 0 unspecified atom stereocenters. The van der Waals surface area contributed by atoms with Crippen LogP contribution in [0.15, 0.2) is 58.5 Å². The van der Waals surface area contributed by atoms with Crippen molar-refractivity contribution in [2.45, 2.75) is 57.5 Å². The third-order valence-electron chi connectivity index (χ3n) is 7.53. The molecule has 0 spiro atoms. The minimum Gasteiger partial charge on any atom is -0.272 e. The van der Waals surface area contributed by atoms with E-state index in [9.17, 15) is 4.79 Å². The van der Waals surface area contributed by atoms with E-state index >= 15 is 0 Å². The van der Waals surface area contributed by atoms with Crippen molar-refractivity contribution in [3.63, 3.8) is 0 Å². The number of aryl methyl sites for hydroxylation is 1. The molecule has 0 aliphatic heterocycles. The molecule has 1 aliphatic carbocycles. The van der Waals surface area contributed by atoms with E-state index in [0.29, 0.717) is 34.0 Å². The highest BCUT2D eigenvalue weighted by Gasteiger charge is 2.33. The molecular weight excluding hydrogens is 555 g/mol. The average molecular weight is 584 g/mol. The highest BCUT2D eigenvalue weighted by molar-refractivity contribution is 7.98. The Bertz CT molecular complexity index is 1720. The average Bonchev–Trinajstić information content (AvgIpc) is 3.48. The first-order valence-electron chi connectivity index (χ1n) is 12.7. The van der Waals surface area contributed by atoms with Gasteiger partial charge in [0.1, 0.15) is 4.83 Å². The maximum absolute atomic E-state index is 14.1. The van der Waals surface area contributed by atoms with Crippen LogP contribution in [0, 0.1) is 11.3 Å². The molecule has 0 amide bonds. The zero-order valence-corrected chi connectivity index (χ0v) is 24.6. The molecule has 5 nitrogen and oxygen atoms in total. The van der Waals surface area contributed by atoms with Gasteiger partial charge in [-0.2, -0.15) is 0 Å². The molecule has 0 bridgehead atoms. The van der Waals surface area contributed by atoms with Gasteiger partial charge in [0.2, 0.25) is 5.78 Å². The monoisotopic (exact) mass is 582 g/mol. The van der Waals surface area contributed by atoms with Crippen molar-refractivity contribution < 1.29 is 0 Å². The van der Waals surface area contributed by atoms with Crippen molar-refractivity contribution in [2.24, 2.45) is 11.3 Å². The zero-order chi connectivity index (χ0) is 26.6. The lowest BCUT2D eigenvalue weighted by molar-refractivity contribution is 0.218. The molecular formula is C29H28Cl2N4OS2. The second-order valence-corrected chi connectivity index (χ2v) is 13.9. The number of nitrogens with zero attached hydrogens (tertiary/aromatic N) is 4. The van der Waals surface area contributed by atoms with Crippen LogP contribution < -0.4 is 5.56 Å². The van der Waals surface area contributed by atoms with Gasteiger partial charge in [-0.15, -0.1) is 21.5 Å². The van der Waals surface area contributed by atoms with Gasteiger partial charge in [0.05, 0.1) is 22.0 Å². The molecule has 3 aromatic heterocycles.